The molecule has 0 unspecified atom stereocenters. The van der Waals surface area contributed by atoms with Crippen LogP contribution in [0.2, 0.25) is 0 Å². The van der Waals surface area contributed by atoms with Crippen molar-refractivity contribution in [2.24, 2.45) is 0 Å². The molecule has 0 spiro atoms. The minimum absolute atomic E-state index is 0.424. The van der Waals surface area contributed by atoms with Crippen molar-refractivity contribution in [1.82, 2.24) is 0 Å². The maximum absolute atomic E-state index is 9.67. The molecule has 1 aromatic carbocycles. The van der Waals surface area contributed by atoms with Crippen LogP contribution in [0.4, 0.5) is 5.69 Å². The molecular weight excluding hydrogens is 334 g/mol. The SMILES string of the molecule is C[C@@H](O)c1ccc(N(Cc2cccs2)C2CC2)c(Br)c1. The molecule has 1 saturated carbocycles. The fourth-order valence-corrected chi connectivity index (χ4v) is 3.71. The van der Waals surface area contributed by atoms with Crippen LogP contribution in [0, 0.1) is 0 Å². The van der Waals surface area contributed by atoms with Gasteiger partial charge in [-0.05, 0) is 64.8 Å². The van der Waals surface area contributed by atoms with Gasteiger partial charge in [-0.2, -0.15) is 0 Å². The third-order valence-corrected chi connectivity index (χ3v) is 5.15. The first kappa shape index (κ1) is 14.1. The molecule has 1 aliphatic carbocycles. The fraction of sp³-hybridized carbons (Fsp3) is 0.375. The Balaban J connectivity index is 1.87. The lowest BCUT2D eigenvalue weighted by atomic mass is 10.1. The lowest BCUT2D eigenvalue weighted by Gasteiger charge is -2.26. The Bertz CT molecular complexity index is 578. The van der Waals surface area contributed by atoms with E-state index in [1.807, 2.05) is 23.5 Å². The summed E-state index contributed by atoms with van der Waals surface area (Å²) in [5.41, 5.74) is 2.18. The van der Waals surface area contributed by atoms with Gasteiger partial charge in [-0.15, -0.1) is 11.3 Å². The van der Waals surface area contributed by atoms with Crippen molar-refractivity contribution in [3.8, 4) is 0 Å². The van der Waals surface area contributed by atoms with Crippen LogP contribution in [0.5, 0.6) is 0 Å². The van der Waals surface area contributed by atoms with Crippen LogP contribution < -0.4 is 4.90 Å². The summed E-state index contributed by atoms with van der Waals surface area (Å²) in [7, 11) is 0. The zero-order valence-corrected chi connectivity index (χ0v) is 13.8. The third kappa shape index (κ3) is 3.08. The summed E-state index contributed by atoms with van der Waals surface area (Å²) in [6.45, 7) is 2.76. The van der Waals surface area contributed by atoms with E-state index in [1.54, 1.807) is 6.92 Å². The van der Waals surface area contributed by atoms with Crippen LogP contribution >= 0.6 is 27.3 Å². The van der Waals surface area contributed by atoms with E-state index in [-0.39, 0.29) is 0 Å². The topological polar surface area (TPSA) is 23.5 Å². The number of aliphatic hydroxyl groups excluding tert-OH is 1. The van der Waals surface area contributed by atoms with Gasteiger partial charge < -0.3 is 10.0 Å². The molecule has 3 rings (SSSR count). The van der Waals surface area contributed by atoms with E-state index in [1.165, 1.54) is 23.4 Å². The van der Waals surface area contributed by atoms with Gasteiger partial charge >= 0.3 is 0 Å². The zero-order valence-electron chi connectivity index (χ0n) is 11.4. The van der Waals surface area contributed by atoms with E-state index < -0.39 is 6.10 Å². The lowest BCUT2D eigenvalue weighted by Crippen LogP contribution is -2.25. The molecule has 0 saturated heterocycles. The number of rotatable bonds is 5. The molecule has 0 radical (unpaired) electrons. The number of anilines is 1. The minimum atomic E-state index is -0.424. The predicted octanol–water partition coefficient (Wildman–Crippen LogP) is 4.73. The van der Waals surface area contributed by atoms with Crippen molar-refractivity contribution in [2.45, 2.75) is 38.5 Å². The molecule has 1 aromatic heterocycles. The van der Waals surface area contributed by atoms with Gasteiger partial charge in [-0.3, -0.25) is 0 Å². The van der Waals surface area contributed by atoms with Crippen molar-refractivity contribution in [3.63, 3.8) is 0 Å². The van der Waals surface area contributed by atoms with Crippen molar-refractivity contribution >= 4 is 33.0 Å². The molecule has 1 atom stereocenters. The number of hydrogen-bond donors (Lipinski definition) is 1. The molecule has 1 aliphatic rings. The highest BCUT2D eigenvalue weighted by molar-refractivity contribution is 9.10. The molecular formula is C16H18BrNOS. The van der Waals surface area contributed by atoms with Gasteiger partial charge in [0.2, 0.25) is 0 Å². The summed E-state index contributed by atoms with van der Waals surface area (Å²) in [5.74, 6) is 0. The van der Waals surface area contributed by atoms with Gasteiger partial charge in [0, 0.05) is 15.4 Å². The summed E-state index contributed by atoms with van der Waals surface area (Å²) < 4.78 is 1.07. The predicted molar refractivity (Wildman–Crippen MR) is 88.3 cm³/mol. The molecule has 1 N–H and O–H groups in total. The number of halogens is 1. The second-order valence-electron chi connectivity index (χ2n) is 5.33. The second kappa shape index (κ2) is 5.88. The Labute approximate surface area is 132 Å². The molecule has 2 nitrogen and oxygen atoms in total. The number of aliphatic hydroxyl groups is 1. The van der Waals surface area contributed by atoms with Crippen LogP contribution in [-0.4, -0.2) is 11.1 Å². The van der Waals surface area contributed by atoms with Gasteiger partial charge in [0.25, 0.3) is 0 Å². The zero-order chi connectivity index (χ0) is 14.1. The van der Waals surface area contributed by atoms with Crippen molar-refractivity contribution in [2.75, 3.05) is 4.90 Å². The molecule has 106 valence electrons. The Morgan fingerprint density at radius 3 is 2.75 bits per heavy atom. The van der Waals surface area contributed by atoms with Crippen LogP contribution in [-0.2, 0) is 6.54 Å². The molecule has 4 heteroatoms. The average molecular weight is 352 g/mol. The van der Waals surface area contributed by atoms with E-state index in [0.717, 1.165) is 16.6 Å². The van der Waals surface area contributed by atoms with Gasteiger partial charge in [0.15, 0.2) is 0 Å². The quantitative estimate of drug-likeness (QED) is 0.841. The van der Waals surface area contributed by atoms with Gasteiger partial charge in [0.05, 0.1) is 18.3 Å². The summed E-state index contributed by atoms with van der Waals surface area (Å²) >= 11 is 5.47. The molecule has 1 fully saturated rings. The molecule has 1 heterocycles. The summed E-state index contributed by atoms with van der Waals surface area (Å²) in [5, 5.41) is 11.8. The standard InChI is InChI=1S/C16H18BrNOS/c1-11(19)12-4-7-16(15(17)9-12)18(13-5-6-13)10-14-3-2-8-20-14/h2-4,7-9,11,13,19H,5-6,10H2,1H3/t11-/m1/s1. The number of hydrogen-bond acceptors (Lipinski definition) is 3. The van der Waals surface area contributed by atoms with Gasteiger partial charge in [0.1, 0.15) is 0 Å². The molecule has 0 amide bonds. The van der Waals surface area contributed by atoms with Crippen LogP contribution in [0.3, 0.4) is 0 Å². The molecule has 20 heavy (non-hydrogen) atoms. The monoisotopic (exact) mass is 351 g/mol. The Morgan fingerprint density at radius 2 is 2.20 bits per heavy atom. The highest BCUT2D eigenvalue weighted by atomic mass is 79.9. The maximum atomic E-state index is 9.67. The smallest absolute Gasteiger partial charge is 0.0762 e. The molecule has 2 aromatic rings. The van der Waals surface area contributed by atoms with Crippen LogP contribution in [0.15, 0.2) is 40.2 Å². The van der Waals surface area contributed by atoms with E-state index in [2.05, 4.69) is 44.4 Å². The first-order valence-electron chi connectivity index (χ1n) is 6.91. The molecule has 0 bridgehead atoms. The van der Waals surface area contributed by atoms with Gasteiger partial charge in [-0.1, -0.05) is 12.1 Å². The van der Waals surface area contributed by atoms with E-state index >= 15 is 0 Å². The first-order chi connectivity index (χ1) is 9.65. The summed E-state index contributed by atoms with van der Waals surface area (Å²) in [6.07, 6.45) is 2.12. The van der Waals surface area contributed by atoms with Crippen molar-refractivity contribution in [1.29, 1.82) is 0 Å². The van der Waals surface area contributed by atoms with E-state index in [9.17, 15) is 5.11 Å². The third-order valence-electron chi connectivity index (χ3n) is 3.66. The summed E-state index contributed by atoms with van der Waals surface area (Å²) in [4.78, 5) is 3.87. The first-order valence-corrected chi connectivity index (χ1v) is 8.59. The normalized spacial score (nSPS) is 16.1. The van der Waals surface area contributed by atoms with Crippen molar-refractivity contribution in [3.05, 3.63) is 50.6 Å². The Morgan fingerprint density at radius 1 is 1.40 bits per heavy atom. The lowest BCUT2D eigenvalue weighted by molar-refractivity contribution is 0.199. The number of nitrogens with zero attached hydrogens (tertiary/aromatic N) is 1. The largest absolute Gasteiger partial charge is 0.389 e. The average Bonchev–Trinajstić information content (AvgIpc) is 3.14. The van der Waals surface area contributed by atoms with Crippen molar-refractivity contribution < 1.29 is 5.11 Å². The van der Waals surface area contributed by atoms with Gasteiger partial charge in [-0.25, -0.2) is 0 Å². The van der Waals surface area contributed by atoms with E-state index in [0.29, 0.717) is 6.04 Å². The van der Waals surface area contributed by atoms with E-state index in [4.69, 9.17) is 0 Å². The Hall–Kier alpha value is -0.840. The van der Waals surface area contributed by atoms with Crippen LogP contribution in [0.1, 0.15) is 36.3 Å². The Kier molecular flexibility index (Phi) is 4.15. The molecule has 0 aliphatic heterocycles. The highest BCUT2D eigenvalue weighted by Crippen LogP contribution is 2.38. The second-order valence-corrected chi connectivity index (χ2v) is 7.21. The fourth-order valence-electron chi connectivity index (χ4n) is 2.38. The maximum Gasteiger partial charge on any atom is 0.0762 e. The van der Waals surface area contributed by atoms with Crippen LogP contribution in [0.25, 0.3) is 0 Å². The minimum Gasteiger partial charge on any atom is -0.389 e. The summed E-state index contributed by atoms with van der Waals surface area (Å²) in [6, 6.07) is 11.1. The number of thiophene rings is 1. The number of benzene rings is 1. The highest BCUT2D eigenvalue weighted by Gasteiger charge is 2.30.